The number of amides is 2. The number of halogens is 1. The van der Waals surface area contributed by atoms with E-state index >= 15 is 0 Å². The third kappa shape index (κ3) is 7.92. The van der Waals surface area contributed by atoms with Crippen LogP contribution in [0.1, 0.15) is 81.9 Å². The maximum Gasteiger partial charge on any atom is 0.245 e. The molecular formula is C35H48ClN3O2S. The number of fused-ring (bicyclic) bond motifs is 1. The second-order valence-electron chi connectivity index (χ2n) is 13.0. The molecular weight excluding hydrogens is 562 g/mol. The number of nitrogens with one attached hydrogen (secondary N) is 2. The summed E-state index contributed by atoms with van der Waals surface area (Å²) >= 11 is 8.25. The predicted molar refractivity (Wildman–Crippen MR) is 175 cm³/mol. The van der Waals surface area contributed by atoms with Gasteiger partial charge in [-0.15, -0.1) is 0 Å². The number of hydrogen-bond acceptors (Lipinski definition) is 4. The van der Waals surface area contributed by atoms with Crippen LogP contribution in [0.5, 0.6) is 0 Å². The van der Waals surface area contributed by atoms with Crippen molar-refractivity contribution in [2.45, 2.75) is 102 Å². The number of hydrogen-bond donors (Lipinski definition) is 2. The third-order valence-corrected chi connectivity index (χ3v) is 11.5. The summed E-state index contributed by atoms with van der Waals surface area (Å²) in [6.45, 7) is 6.81. The minimum atomic E-state index is -0.604. The predicted octanol–water partition coefficient (Wildman–Crippen LogP) is 6.80. The summed E-state index contributed by atoms with van der Waals surface area (Å²) in [6, 6.07) is 14.9. The quantitative estimate of drug-likeness (QED) is 0.307. The number of rotatable bonds is 9. The Morgan fingerprint density at radius 3 is 2.33 bits per heavy atom. The molecule has 2 fully saturated rings. The lowest BCUT2D eigenvalue weighted by molar-refractivity contribution is -0.139. The molecule has 2 amide bonds. The Balaban J connectivity index is 1.29. The van der Waals surface area contributed by atoms with Crippen molar-refractivity contribution in [3.63, 3.8) is 0 Å². The molecule has 0 aromatic heterocycles. The van der Waals surface area contributed by atoms with Crippen molar-refractivity contribution in [1.29, 1.82) is 0 Å². The normalized spacial score (nSPS) is 21.8. The van der Waals surface area contributed by atoms with E-state index < -0.39 is 6.04 Å². The minimum Gasteiger partial charge on any atom is -0.343 e. The molecule has 2 aliphatic heterocycles. The molecule has 1 saturated heterocycles. The van der Waals surface area contributed by atoms with E-state index in [2.05, 4.69) is 48.4 Å². The molecule has 2 aromatic carbocycles. The highest BCUT2D eigenvalue weighted by atomic mass is 35.5. The molecule has 0 radical (unpaired) electrons. The highest BCUT2D eigenvalue weighted by molar-refractivity contribution is 7.99. The number of piperidine rings is 1. The molecule has 0 spiro atoms. The fourth-order valence-electron chi connectivity index (χ4n) is 7.26. The van der Waals surface area contributed by atoms with Gasteiger partial charge < -0.3 is 15.5 Å². The molecule has 2 unspecified atom stereocenters. The van der Waals surface area contributed by atoms with Crippen LogP contribution < -0.4 is 10.6 Å². The Morgan fingerprint density at radius 2 is 1.67 bits per heavy atom. The van der Waals surface area contributed by atoms with Crippen molar-refractivity contribution in [2.75, 3.05) is 18.8 Å². The van der Waals surface area contributed by atoms with E-state index in [0.29, 0.717) is 35.1 Å². The molecule has 2 heterocycles. The SMILES string of the molecule is CC(C)SCC1(C2CCCCCC2)CCN(C(=O)C(Cc2ccc(Cl)cc2)NC(=O)C2Cc3ccccc3CN2)CC1. The lowest BCUT2D eigenvalue weighted by atomic mass is 9.67. The smallest absolute Gasteiger partial charge is 0.245 e. The van der Waals surface area contributed by atoms with Crippen molar-refractivity contribution >= 4 is 35.2 Å². The fraction of sp³-hybridized carbons (Fsp3) is 0.600. The Hall–Kier alpha value is -2.02. The molecule has 5 rings (SSSR count). The Kier molecular flexibility index (Phi) is 10.9. The van der Waals surface area contributed by atoms with Crippen LogP contribution in [-0.4, -0.2) is 52.9 Å². The van der Waals surface area contributed by atoms with Gasteiger partial charge in [-0.25, -0.2) is 0 Å². The summed E-state index contributed by atoms with van der Waals surface area (Å²) in [7, 11) is 0. The van der Waals surface area contributed by atoms with Crippen LogP contribution in [0, 0.1) is 11.3 Å². The van der Waals surface area contributed by atoms with Crippen LogP contribution in [0.4, 0.5) is 0 Å². The molecule has 3 aliphatic rings. The number of likely N-dealkylation sites (tertiary alicyclic amines) is 1. The first-order valence-electron chi connectivity index (χ1n) is 16.1. The van der Waals surface area contributed by atoms with E-state index in [4.69, 9.17) is 11.6 Å². The molecule has 1 aliphatic carbocycles. The molecule has 5 nitrogen and oxygen atoms in total. The molecule has 2 N–H and O–H groups in total. The first-order valence-corrected chi connectivity index (χ1v) is 17.5. The monoisotopic (exact) mass is 609 g/mol. The first kappa shape index (κ1) is 31.4. The Labute approximate surface area is 261 Å². The number of nitrogens with zero attached hydrogens (tertiary/aromatic N) is 1. The van der Waals surface area contributed by atoms with Gasteiger partial charge in [-0.1, -0.05) is 87.5 Å². The molecule has 42 heavy (non-hydrogen) atoms. The summed E-state index contributed by atoms with van der Waals surface area (Å²) in [4.78, 5) is 29.8. The second kappa shape index (κ2) is 14.6. The average molecular weight is 610 g/mol. The zero-order chi connectivity index (χ0) is 29.5. The maximum atomic E-state index is 14.2. The molecule has 7 heteroatoms. The standard InChI is InChI=1S/C35H48ClN3O2S/c1-25(2)42-24-35(29-11-5-3-4-6-12-29)17-19-39(20-18-35)34(41)32(21-26-13-15-30(36)16-14-26)38-33(40)31-22-27-9-7-8-10-28(27)23-37-31/h7-10,13-16,25,29,31-32,37H,3-6,11-12,17-24H2,1-2H3,(H,38,40). The van der Waals surface area contributed by atoms with Crippen molar-refractivity contribution in [2.24, 2.45) is 11.3 Å². The summed E-state index contributed by atoms with van der Waals surface area (Å²) in [5.41, 5.74) is 3.74. The van der Waals surface area contributed by atoms with Gasteiger partial charge in [-0.2, -0.15) is 11.8 Å². The van der Waals surface area contributed by atoms with E-state index in [-0.39, 0.29) is 17.9 Å². The molecule has 2 aromatic rings. The van der Waals surface area contributed by atoms with Crippen LogP contribution in [0.25, 0.3) is 0 Å². The van der Waals surface area contributed by atoms with Crippen LogP contribution in [0.2, 0.25) is 5.02 Å². The topological polar surface area (TPSA) is 61.4 Å². The summed E-state index contributed by atoms with van der Waals surface area (Å²) in [5.74, 6) is 1.89. The van der Waals surface area contributed by atoms with Gasteiger partial charge in [0.05, 0.1) is 6.04 Å². The highest BCUT2D eigenvalue weighted by Gasteiger charge is 2.43. The van der Waals surface area contributed by atoms with E-state index in [9.17, 15) is 9.59 Å². The second-order valence-corrected chi connectivity index (χ2v) is 15.0. The van der Waals surface area contributed by atoms with E-state index in [1.165, 1.54) is 55.4 Å². The van der Waals surface area contributed by atoms with Crippen LogP contribution in [-0.2, 0) is 29.0 Å². The van der Waals surface area contributed by atoms with Gasteiger partial charge in [0, 0.05) is 31.1 Å². The maximum absolute atomic E-state index is 14.2. The highest BCUT2D eigenvalue weighted by Crippen LogP contribution is 2.47. The summed E-state index contributed by atoms with van der Waals surface area (Å²) < 4.78 is 0. The van der Waals surface area contributed by atoms with Crippen molar-refractivity contribution in [3.05, 3.63) is 70.2 Å². The van der Waals surface area contributed by atoms with Gasteiger partial charge >= 0.3 is 0 Å². The Bertz CT molecular complexity index is 1190. The lowest BCUT2D eigenvalue weighted by Crippen LogP contribution is -2.57. The molecule has 1 saturated carbocycles. The van der Waals surface area contributed by atoms with Crippen molar-refractivity contribution < 1.29 is 9.59 Å². The van der Waals surface area contributed by atoms with Gasteiger partial charge in [0.1, 0.15) is 6.04 Å². The van der Waals surface area contributed by atoms with Crippen LogP contribution in [0.3, 0.4) is 0 Å². The van der Waals surface area contributed by atoms with E-state index in [1.54, 1.807) is 0 Å². The van der Waals surface area contributed by atoms with Gasteiger partial charge in [0.25, 0.3) is 0 Å². The first-order chi connectivity index (χ1) is 20.3. The lowest BCUT2D eigenvalue weighted by Gasteiger charge is -2.47. The number of carbonyl (C=O) groups is 2. The van der Waals surface area contributed by atoms with Gasteiger partial charge in [0.15, 0.2) is 0 Å². The molecule has 2 atom stereocenters. The van der Waals surface area contributed by atoms with Gasteiger partial charge in [-0.3, -0.25) is 9.59 Å². The summed E-state index contributed by atoms with van der Waals surface area (Å²) in [6.07, 6.45) is 11.3. The zero-order valence-corrected chi connectivity index (χ0v) is 27.0. The largest absolute Gasteiger partial charge is 0.343 e. The van der Waals surface area contributed by atoms with Crippen molar-refractivity contribution in [1.82, 2.24) is 15.5 Å². The summed E-state index contributed by atoms with van der Waals surface area (Å²) in [5, 5.41) is 7.85. The molecule has 0 bridgehead atoms. The van der Waals surface area contributed by atoms with Crippen LogP contribution in [0.15, 0.2) is 48.5 Å². The zero-order valence-electron chi connectivity index (χ0n) is 25.4. The van der Waals surface area contributed by atoms with Crippen LogP contribution >= 0.6 is 23.4 Å². The number of benzene rings is 2. The van der Waals surface area contributed by atoms with E-state index in [0.717, 1.165) is 37.4 Å². The Morgan fingerprint density at radius 1 is 1.00 bits per heavy atom. The van der Waals surface area contributed by atoms with Gasteiger partial charge in [-0.05, 0) is 83.3 Å². The van der Waals surface area contributed by atoms with E-state index in [1.807, 2.05) is 41.3 Å². The van der Waals surface area contributed by atoms with Crippen molar-refractivity contribution in [3.8, 4) is 0 Å². The fourth-order valence-corrected chi connectivity index (χ4v) is 8.57. The number of thioether (sulfide) groups is 1. The third-order valence-electron chi connectivity index (χ3n) is 9.86. The van der Waals surface area contributed by atoms with Gasteiger partial charge in [0.2, 0.25) is 11.8 Å². The number of carbonyl (C=O) groups excluding carboxylic acids is 2. The minimum absolute atomic E-state index is 0.0421. The molecule has 228 valence electrons. The average Bonchev–Trinajstić information content (AvgIpc) is 3.31.